The number of hydrogen-bond donors (Lipinski definition) is 1. The highest BCUT2D eigenvalue weighted by molar-refractivity contribution is 5.83. The Kier molecular flexibility index (Phi) is 3.78. The van der Waals surface area contributed by atoms with Crippen LogP contribution < -0.4 is 5.32 Å². The predicted molar refractivity (Wildman–Crippen MR) is 84.9 cm³/mol. The van der Waals surface area contributed by atoms with E-state index in [4.69, 9.17) is 0 Å². The van der Waals surface area contributed by atoms with Gasteiger partial charge in [-0.2, -0.15) is 0 Å². The van der Waals surface area contributed by atoms with E-state index in [2.05, 4.69) is 55.3 Å². The second kappa shape index (κ2) is 5.45. The minimum absolute atomic E-state index is 0.0429. The third-order valence-corrected chi connectivity index (χ3v) is 5.10. The minimum Gasteiger partial charge on any atom is -0.341 e. The van der Waals surface area contributed by atoms with Gasteiger partial charge >= 0.3 is 0 Å². The molecule has 3 nitrogen and oxygen atoms in total. The van der Waals surface area contributed by atoms with Gasteiger partial charge in [0.2, 0.25) is 5.91 Å². The number of carbonyl (C=O) groups excluding carboxylic acids is 1. The van der Waals surface area contributed by atoms with E-state index in [1.807, 2.05) is 0 Å². The van der Waals surface area contributed by atoms with Crippen LogP contribution in [-0.2, 0) is 17.8 Å². The van der Waals surface area contributed by atoms with Gasteiger partial charge in [-0.15, -0.1) is 0 Å². The Morgan fingerprint density at radius 3 is 2.62 bits per heavy atom. The van der Waals surface area contributed by atoms with E-state index in [0.717, 1.165) is 32.5 Å². The molecule has 3 rings (SSSR count). The van der Waals surface area contributed by atoms with E-state index in [9.17, 15) is 4.79 Å². The summed E-state index contributed by atoms with van der Waals surface area (Å²) >= 11 is 0. The normalized spacial score (nSPS) is 25.8. The first-order valence-corrected chi connectivity index (χ1v) is 8.04. The molecule has 1 N–H and O–H groups in total. The van der Waals surface area contributed by atoms with Crippen molar-refractivity contribution in [1.82, 2.24) is 10.2 Å². The van der Waals surface area contributed by atoms with Crippen LogP contribution in [-0.4, -0.2) is 29.9 Å². The molecule has 0 aromatic heterocycles. The summed E-state index contributed by atoms with van der Waals surface area (Å²) in [5, 5.41) is 3.41. The number of nitrogens with zero attached hydrogens (tertiary/aromatic N) is 1. The molecule has 0 aliphatic carbocycles. The zero-order valence-corrected chi connectivity index (χ0v) is 13.4. The summed E-state index contributed by atoms with van der Waals surface area (Å²) in [5.74, 6) is 0.911. The fourth-order valence-corrected chi connectivity index (χ4v) is 3.52. The van der Waals surface area contributed by atoms with Gasteiger partial charge in [-0.3, -0.25) is 4.79 Å². The molecule has 1 amide bonds. The summed E-state index contributed by atoms with van der Waals surface area (Å²) < 4.78 is 0. The average Bonchev–Trinajstić information content (AvgIpc) is 2.96. The van der Waals surface area contributed by atoms with E-state index in [1.165, 1.54) is 11.1 Å². The number of benzene rings is 1. The van der Waals surface area contributed by atoms with Gasteiger partial charge in [-0.05, 0) is 35.3 Å². The van der Waals surface area contributed by atoms with E-state index in [-0.39, 0.29) is 11.9 Å². The van der Waals surface area contributed by atoms with Crippen molar-refractivity contribution >= 4 is 5.91 Å². The van der Waals surface area contributed by atoms with E-state index in [0.29, 0.717) is 11.3 Å². The van der Waals surface area contributed by atoms with Crippen LogP contribution in [0.2, 0.25) is 0 Å². The minimum atomic E-state index is -0.0429. The Morgan fingerprint density at radius 1 is 1.24 bits per heavy atom. The summed E-state index contributed by atoms with van der Waals surface area (Å²) in [7, 11) is 0. The van der Waals surface area contributed by atoms with Crippen molar-refractivity contribution < 1.29 is 4.79 Å². The molecule has 114 valence electrons. The molecule has 2 aliphatic heterocycles. The van der Waals surface area contributed by atoms with Crippen LogP contribution >= 0.6 is 0 Å². The van der Waals surface area contributed by atoms with Crippen LogP contribution in [0.5, 0.6) is 0 Å². The maximum Gasteiger partial charge on any atom is 0.240 e. The highest BCUT2D eigenvalue weighted by Gasteiger charge is 2.36. The number of hydrogen-bond acceptors (Lipinski definition) is 2. The number of nitrogens with one attached hydrogen (secondary N) is 1. The van der Waals surface area contributed by atoms with Crippen molar-refractivity contribution in [2.24, 2.45) is 11.3 Å². The first kappa shape index (κ1) is 14.6. The van der Waals surface area contributed by atoms with E-state index < -0.39 is 0 Å². The number of carbonyl (C=O) groups is 1. The predicted octanol–water partition coefficient (Wildman–Crippen LogP) is 2.60. The highest BCUT2D eigenvalue weighted by atomic mass is 16.2. The Balaban J connectivity index is 1.65. The molecule has 2 atom stereocenters. The maximum absolute atomic E-state index is 12.7. The van der Waals surface area contributed by atoms with Crippen molar-refractivity contribution in [1.29, 1.82) is 0 Å². The summed E-state index contributed by atoms with van der Waals surface area (Å²) in [6.45, 7) is 9.48. The van der Waals surface area contributed by atoms with Crippen LogP contribution in [0.3, 0.4) is 0 Å². The zero-order valence-electron chi connectivity index (χ0n) is 13.4. The van der Waals surface area contributed by atoms with Crippen LogP contribution in [0.4, 0.5) is 0 Å². The molecule has 2 heterocycles. The lowest BCUT2D eigenvalue weighted by Crippen LogP contribution is -2.49. The van der Waals surface area contributed by atoms with Crippen LogP contribution in [0.25, 0.3) is 0 Å². The fraction of sp³-hybridized carbons (Fsp3) is 0.611. The first-order valence-electron chi connectivity index (χ1n) is 8.04. The van der Waals surface area contributed by atoms with Gasteiger partial charge in [0.15, 0.2) is 0 Å². The molecule has 2 unspecified atom stereocenters. The second-order valence-electron chi connectivity index (χ2n) is 7.54. The molecule has 1 fully saturated rings. The topological polar surface area (TPSA) is 32.3 Å². The smallest absolute Gasteiger partial charge is 0.240 e. The van der Waals surface area contributed by atoms with Crippen molar-refractivity contribution in [3.63, 3.8) is 0 Å². The highest BCUT2D eigenvalue weighted by Crippen LogP contribution is 2.34. The van der Waals surface area contributed by atoms with Gasteiger partial charge in [0.1, 0.15) is 0 Å². The van der Waals surface area contributed by atoms with Gasteiger partial charge in [-0.25, -0.2) is 0 Å². The first-order chi connectivity index (χ1) is 9.95. The third kappa shape index (κ3) is 2.98. The van der Waals surface area contributed by atoms with E-state index >= 15 is 0 Å². The average molecular weight is 286 g/mol. The quantitative estimate of drug-likeness (QED) is 0.860. The molecule has 21 heavy (non-hydrogen) atoms. The molecular formula is C18H26N2O. The lowest BCUT2D eigenvalue weighted by Gasteiger charge is -2.30. The zero-order chi connectivity index (χ0) is 15.0. The Hall–Kier alpha value is -1.35. The molecule has 3 heteroatoms. The van der Waals surface area contributed by atoms with Crippen molar-refractivity contribution in [3.8, 4) is 0 Å². The summed E-state index contributed by atoms with van der Waals surface area (Å²) in [4.78, 5) is 14.8. The van der Waals surface area contributed by atoms with Gasteiger partial charge in [0.05, 0.1) is 6.04 Å². The van der Waals surface area contributed by atoms with Gasteiger partial charge in [-0.1, -0.05) is 45.0 Å². The molecule has 1 aromatic rings. The molecule has 0 spiro atoms. The van der Waals surface area contributed by atoms with Crippen LogP contribution in [0, 0.1) is 11.3 Å². The summed E-state index contributed by atoms with van der Waals surface area (Å²) in [5.41, 5.74) is 2.94. The molecule has 1 aromatic carbocycles. The Labute approximate surface area is 127 Å². The fourth-order valence-electron chi connectivity index (χ4n) is 3.52. The van der Waals surface area contributed by atoms with E-state index in [1.54, 1.807) is 0 Å². The lowest BCUT2D eigenvalue weighted by atomic mass is 9.80. The van der Waals surface area contributed by atoms with Crippen molar-refractivity contribution in [3.05, 3.63) is 35.4 Å². The molecule has 0 saturated carbocycles. The lowest BCUT2D eigenvalue weighted by molar-refractivity contribution is -0.132. The third-order valence-electron chi connectivity index (χ3n) is 5.10. The molecular weight excluding hydrogens is 260 g/mol. The van der Waals surface area contributed by atoms with Crippen molar-refractivity contribution in [2.45, 2.75) is 46.2 Å². The Bertz CT molecular complexity index is 532. The number of rotatable bonds is 1. The summed E-state index contributed by atoms with van der Waals surface area (Å²) in [6.07, 6.45) is 1.96. The molecule has 0 bridgehead atoms. The standard InChI is InChI=1S/C18H26N2O/c1-18(2,3)15-8-9-20(12-15)17(21)16-10-13-6-4-5-7-14(13)11-19-16/h4-7,15-16,19H,8-12H2,1-3H3. The SMILES string of the molecule is CC(C)(C)C1CCN(C(=O)C2Cc3ccccc3CN2)C1. The van der Waals surface area contributed by atoms with Gasteiger partial charge in [0, 0.05) is 19.6 Å². The molecule has 2 aliphatic rings. The number of likely N-dealkylation sites (tertiary alicyclic amines) is 1. The molecule has 1 saturated heterocycles. The largest absolute Gasteiger partial charge is 0.341 e. The summed E-state index contributed by atoms with van der Waals surface area (Å²) in [6, 6.07) is 8.39. The van der Waals surface area contributed by atoms with Crippen LogP contribution in [0.15, 0.2) is 24.3 Å². The van der Waals surface area contributed by atoms with Gasteiger partial charge in [0.25, 0.3) is 0 Å². The second-order valence-corrected chi connectivity index (χ2v) is 7.54. The Morgan fingerprint density at radius 2 is 1.95 bits per heavy atom. The number of amides is 1. The number of fused-ring (bicyclic) bond motifs is 1. The van der Waals surface area contributed by atoms with Crippen LogP contribution in [0.1, 0.15) is 38.3 Å². The van der Waals surface area contributed by atoms with Crippen molar-refractivity contribution in [2.75, 3.05) is 13.1 Å². The maximum atomic E-state index is 12.7. The van der Waals surface area contributed by atoms with Gasteiger partial charge < -0.3 is 10.2 Å². The monoisotopic (exact) mass is 286 g/mol. The molecule has 0 radical (unpaired) electrons.